The highest BCUT2D eigenvalue weighted by atomic mass is 79.9. The monoisotopic (exact) mass is 298 g/mol. The van der Waals surface area contributed by atoms with Gasteiger partial charge in [0.15, 0.2) is 0 Å². The van der Waals surface area contributed by atoms with Crippen LogP contribution in [-0.4, -0.2) is 29.3 Å². The van der Waals surface area contributed by atoms with Crippen LogP contribution < -0.4 is 4.90 Å². The molecule has 94 valence electrons. The van der Waals surface area contributed by atoms with Gasteiger partial charge < -0.3 is 10.0 Å². The fourth-order valence-corrected chi connectivity index (χ4v) is 2.58. The molecule has 1 aromatic rings. The molecule has 0 aromatic carbocycles. The van der Waals surface area contributed by atoms with Crippen LogP contribution in [0.1, 0.15) is 31.4 Å². The lowest BCUT2D eigenvalue weighted by Gasteiger charge is -2.30. The van der Waals surface area contributed by atoms with Crippen LogP contribution >= 0.6 is 15.9 Å². The Balaban J connectivity index is 2.25. The number of pyridine rings is 1. The van der Waals surface area contributed by atoms with E-state index in [0.29, 0.717) is 0 Å². The first-order chi connectivity index (χ1) is 8.22. The summed E-state index contributed by atoms with van der Waals surface area (Å²) in [6, 6.07) is 4.30. The normalized spacial score (nSPS) is 21.4. The van der Waals surface area contributed by atoms with Gasteiger partial charge in [-0.15, -0.1) is 0 Å². The number of aliphatic hydroxyl groups is 1. The number of halogens is 1. The Morgan fingerprint density at radius 2 is 2.24 bits per heavy atom. The first-order valence-corrected chi connectivity index (χ1v) is 7.02. The Kier molecular flexibility index (Phi) is 4.40. The van der Waals surface area contributed by atoms with Gasteiger partial charge in [-0.2, -0.15) is 0 Å². The molecular formula is C13H19BrN2O. The van der Waals surface area contributed by atoms with E-state index >= 15 is 0 Å². The lowest BCUT2D eigenvalue weighted by Crippen LogP contribution is -2.38. The second kappa shape index (κ2) is 5.83. The Labute approximate surface area is 111 Å². The van der Waals surface area contributed by atoms with Crippen molar-refractivity contribution in [3.8, 4) is 0 Å². The Morgan fingerprint density at radius 1 is 1.41 bits per heavy atom. The van der Waals surface area contributed by atoms with E-state index in [4.69, 9.17) is 0 Å². The molecule has 1 unspecified atom stereocenters. The molecule has 2 rings (SSSR count). The van der Waals surface area contributed by atoms with Crippen LogP contribution in [0.2, 0.25) is 0 Å². The highest BCUT2D eigenvalue weighted by Crippen LogP contribution is 2.25. The summed E-state index contributed by atoms with van der Waals surface area (Å²) in [5.74, 6) is 0.992. The summed E-state index contributed by atoms with van der Waals surface area (Å²) < 4.78 is 1.04. The van der Waals surface area contributed by atoms with Crippen LogP contribution in [0.5, 0.6) is 0 Å². The quantitative estimate of drug-likeness (QED) is 0.912. The average Bonchev–Trinajstić information content (AvgIpc) is 2.57. The number of aliphatic hydroxyl groups excluding tert-OH is 1. The van der Waals surface area contributed by atoms with Crippen molar-refractivity contribution >= 4 is 21.7 Å². The van der Waals surface area contributed by atoms with E-state index in [1.165, 1.54) is 19.3 Å². The SMILES string of the molecule is Cc1nc(N2CCCCCC2CO)ccc1Br. The van der Waals surface area contributed by atoms with Gasteiger partial charge in [0.1, 0.15) is 5.82 Å². The summed E-state index contributed by atoms with van der Waals surface area (Å²) in [4.78, 5) is 6.86. The van der Waals surface area contributed by atoms with Gasteiger partial charge in [-0.1, -0.05) is 12.8 Å². The molecule has 1 fully saturated rings. The van der Waals surface area contributed by atoms with Crippen LogP contribution in [0.3, 0.4) is 0 Å². The fourth-order valence-electron chi connectivity index (χ4n) is 2.36. The lowest BCUT2D eigenvalue weighted by atomic mass is 10.1. The molecule has 1 aliphatic rings. The van der Waals surface area contributed by atoms with Gasteiger partial charge in [0, 0.05) is 11.0 Å². The highest BCUT2D eigenvalue weighted by molar-refractivity contribution is 9.10. The average molecular weight is 299 g/mol. The van der Waals surface area contributed by atoms with Crippen molar-refractivity contribution in [1.82, 2.24) is 4.98 Å². The summed E-state index contributed by atoms with van der Waals surface area (Å²) >= 11 is 3.47. The molecule has 2 heterocycles. The van der Waals surface area contributed by atoms with Crippen molar-refractivity contribution in [2.75, 3.05) is 18.1 Å². The van der Waals surface area contributed by atoms with E-state index in [2.05, 4.69) is 25.8 Å². The maximum atomic E-state index is 9.49. The molecular weight excluding hydrogens is 280 g/mol. The number of nitrogens with zero attached hydrogens (tertiary/aromatic N) is 2. The number of aromatic nitrogens is 1. The van der Waals surface area contributed by atoms with Crippen LogP contribution in [0, 0.1) is 6.92 Å². The van der Waals surface area contributed by atoms with Crippen molar-refractivity contribution in [1.29, 1.82) is 0 Å². The maximum Gasteiger partial charge on any atom is 0.129 e. The van der Waals surface area contributed by atoms with E-state index in [-0.39, 0.29) is 12.6 Å². The zero-order chi connectivity index (χ0) is 12.3. The van der Waals surface area contributed by atoms with Crippen LogP contribution in [0.4, 0.5) is 5.82 Å². The van der Waals surface area contributed by atoms with Gasteiger partial charge >= 0.3 is 0 Å². The number of aryl methyl sites for hydroxylation is 1. The van der Waals surface area contributed by atoms with E-state index in [9.17, 15) is 5.11 Å². The molecule has 1 atom stereocenters. The van der Waals surface area contributed by atoms with Crippen molar-refractivity contribution < 1.29 is 5.11 Å². The summed E-state index contributed by atoms with van der Waals surface area (Å²) in [6.07, 6.45) is 4.71. The first kappa shape index (κ1) is 12.8. The number of hydrogen-bond donors (Lipinski definition) is 1. The molecule has 1 aliphatic heterocycles. The van der Waals surface area contributed by atoms with E-state index in [0.717, 1.165) is 29.0 Å². The molecule has 4 heteroatoms. The zero-order valence-corrected chi connectivity index (χ0v) is 11.8. The Morgan fingerprint density at radius 3 is 2.94 bits per heavy atom. The summed E-state index contributed by atoms with van der Waals surface area (Å²) in [5.41, 5.74) is 1.00. The maximum absolute atomic E-state index is 9.49. The summed E-state index contributed by atoms with van der Waals surface area (Å²) in [7, 11) is 0. The van der Waals surface area contributed by atoms with Crippen LogP contribution in [0.25, 0.3) is 0 Å². The Bertz CT molecular complexity index is 384. The van der Waals surface area contributed by atoms with Crippen molar-refractivity contribution in [2.45, 2.75) is 38.6 Å². The summed E-state index contributed by atoms with van der Waals surface area (Å²) in [5, 5.41) is 9.49. The van der Waals surface area contributed by atoms with Gasteiger partial charge in [-0.05, 0) is 47.8 Å². The molecule has 3 nitrogen and oxygen atoms in total. The minimum atomic E-state index is 0.219. The summed E-state index contributed by atoms with van der Waals surface area (Å²) in [6.45, 7) is 3.22. The van der Waals surface area contributed by atoms with Crippen molar-refractivity contribution in [2.24, 2.45) is 0 Å². The third-order valence-corrected chi connectivity index (χ3v) is 4.23. The molecule has 0 amide bonds. The topological polar surface area (TPSA) is 36.4 Å². The third kappa shape index (κ3) is 2.99. The molecule has 0 bridgehead atoms. The number of rotatable bonds is 2. The fraction of sp³-hybridized carbons (Fsp3) is 0.615. The second-order valence-corrected chi connectivity index (χ2v) is 5.47. The molecule has 1 aromatic heterocycles. The molecule has 1 saturated heterocycles. The van der Waals surface area contributed by atoms with E-state index in [1.54, 1.807) is 0 Å². The minimum absolute atomic E-state index is 0.219. The standard InChI is InChI=1S/C13H19BrN2O/c1-10-12(14)6-7-13(15-10)16-8-4-2-3-5-11(16)9-17/h6-7,11,17H,2-5,8-9H2,1H3. The van der Waals surface area contributed by atoms with Gasteiger partial charge in [0.25, 0.3) is 0 Å². The van der Waals surface area contributed by atoms with Crippen molar-refractivity contribution in [3.05, 3.63) is 22.3 Å². The lowest BCUT2D eigenvalue weighted by molar-refractivity contribution is 0.254. The minimum Gasteiger partial charge on any atom is -0.394 e. The Hall–Kier alpha value is -0.610. The second-order valence-electron chi connectivity index (χ2n) is 4.62. The van der Waals surface area contributed by atoms with Crippen LogP contribution in [-0.2, 0) is 0 Å². The smallest absolute Gasteiger partial charge is 0.129 e. The predicted molar refractivity (Wildman–Crippen MR) is 73.4 cm³/mol. The molecule has 0 spiro atoms. The van der Waals surface area contributed by atoms with Gasteiger partial charge in [-0.3, -0.25) is 0 Å². The van der Waals surface area contributed by atoms with E-state index in [1.807, 2.05) is 19.1 Å². The molecule has 0 aliphatic carbocycles. The van der Waals surface area contributed by atoms with Crippen LogP contribution in [0.15, 0.2) is 16.6 Å². The zero-order valence-electron chi connectivity index (χ0n) is 10.2. The molecule has 0 saturated carbocycles. The van der Waals surface area contributed by atoms with Gasteiger partial charge in [-0.25, -0.2) is 4.98 Å². The van der Waals surface area contributed by atoms with Gasteiger partial charge in [0.2, 0.25) is 0 Å². The van der Waals surface area contributed by atoms with E-state index < -0.39 is 0 Å². The molecule has 0 radical (unpaired) electrons. The number of hydrogen-bond acceptors (Lipinski definition) is 3. The first-order valence-electron chi connectivity index (χ1n) is 6.23. The largest absolute Gasteiger partial charge is 0.394 e. The predicted octanol–water partition coefficient (Wildman–Crippen LogP) is 2.89. The molecule has 17 heavy (non-hydrogen) atoms. The van der Waals surface area contributed by atoms with Crippen molar-refractivity contribution in [3.63, 3.8) is 0 Å². The molecule has 1 N–H and O–H groups in total. The third-order valence-electron chi connectivity index (χ3n) is 3.39. The highest BCUT2D eigenvalue weighted by Gasteiger charge is 2.21. The van der Waals surface area contributed by atoms with Gasteiger partial charge in [0.05, 0.1) is 18.3 Å². The number of anilines is 1.